The Balaban J connectivity index is 1.77. The maximum atomic E-state index is 12.5. The Bertz CT molecular complexity index is 1180. The minimum absolute atomic E-state index is 0.0397. The normalized spacial score (nSPS) is 10.9. The van der Waals surface area contributed by atoms with E-state index in [-0.39, 0.29) is 12.2 Å². The highest BCUT2D eigenvalue weighted by Crippen LogP contribution is 2.32. The van der Waals surface area contributed by atoms with Gasteiger partial charge in [0.1, 0.15) is 18.2 Å². The SMILES string of the molecule is COc1cc(/C=C(\C#N)C(=O)Nc2ccc(I)cc2)ccc1OCc1c(Cl)cccc1Cl. The molecule has 0 fully saturated rings. The molecular weight excluding hydrogens is 562 g/mol. The second-order valence-corrected chi connectivity index (χ2v) is 8.59. The summed E-state index contributed by atoms with van der Waals surface area (Å²) in [6, 6.07) is 19.6. The van der Waals surface area contributed by atoms with E-state index in [0.29, 0.717) is 38.4 Å². The fourth-order valence-corrected chi connectivity index (χ4v) is 3.63. The summed E-state index contributed by atoms with van der Waals surface area (Å²) in [7, 11) is 1.51. The Hall–Kier alpha value is -2.73. The van der Waals surface area contributed by atoms with E-state index in [2.05, 4.69) is 27.9 Å². The molecule has 3 rings (SSSR count). The molecule has 0 atom stereocenters. The van der Waals surface area contributed by atoms with E-state index in [1.54, 1.807) is 48.5 Å². The second-order valence-electron chi connectivity index (χ2n) is 6.53. The molecule has 5 nitrogen and oxygen atoms in total. The quantitative estimate of drug-likeness (QED) is 0.192. The van der Waals surface area contributed by atoms with Gasteiger partial charge in [0.05, 0.1) is 7.11 Å². The molecule has 32 heavy (non-hydrogen) atoms. The molecule has 0 radical (unpaired) electrons. The van der Waals surface area contributed by atoms with Gasteiger partial charge < -0.3 is 14.8 Å². The highest BCUT2D eigenvalue weighted by atomic mass is 127. The molecule has 0 aliphatic rings. The van der Waals surface area contributed by atoms with Gasteiger partial charge in [-0.2, -0.15) is 5.26 Å². The third kappa shape index (κ3) is 6.16. The van der Waals surface area contributed by atoms with Crippen LogP contribution in [-0.4, -0.2) is 13.0 Å². The predicted molar refractivity (Wildman–Crippen MR) is 135 cm³/mol. The van der Waals surface area contributed by atoms with Gasteiger partial charge in [-0.1, -0.05) is 35.3 Å². The number of nitrogens with one attached hydrogen (secondary N) is 1. The molecule has 8 heteroatoms. The van der Waals surface area contributed by atoms with Crippen molar-refractivity contribution in [2.24, 2.45) is 0 Å². The minimum Gasteiger partial charge on any atom is -0.493 e. The van der Waals surface area contributed by atoms with Crippen LogP contribution in [0.25, 0.3) is 6.08 Å². The van der Waals surface area contributed by atoms with Gasteiger partial charge in [0.25, 0.3) is 5.91 Å². The van der Waals surface area contributed by atoms with Crippen LogP contribution in [0.4, 0.5) is 5.69 Å². The van der Waals surface area contributed by atoms with Crippen LogP contribution in [0.1, 0.15) is 11.1 Å². The molecule has 0 unspecified atom stereocenters. The van der Waals surface area contributed by atoms with Gasteiger partial charge in [-0.05, 0) is 82.8 Å². The highest BCUT2D eigenvalue weighted by molar-refractivity contribution is 14.1. The van der Waals surface area contributed by atoms with E-state index in [9.17, 15) is 10.1 Å². The topological polar surface area (TPSA) is 71.3 Å². The molecule has 0 bridgehead atoms. The summed E-state index contributed by atoms with van der Waals surface area (Å²) in [5, 5.41) is 13.2. The zero-order valence-corrected chi connectivity index (χ0v) is 20.5. The maximum absolute atomic E-state index is 12.5. The zero-order chi connectivity index (χ0) is 23.1. The smallest absolute Gasteiger partial charge is 0.266 e. The Kier molecular flexibility index (Phi) is 8.39. The number of carbonyl (C=O) groups excluding carboxylic acids is 1. The monoisotopic (exact) mass is 578 g/mol. The number of ether oxygens (including phenoxy) is 2. The highest BCUT2D eigenvalue weighted by Gasteiger charge is 2.12. The molecule has 0 spiro atoms. The summed E-state index contributed by atoms with van der Waals surface area (Å²) in [6.07, 6.45) is 1.49. The Morgan fingerprint density at radius 1 is 1.09 bits per heavy atom. The van der Waals surface area contributed by atoms with E-state index in [0.717, 1.165) is 3.57 Å². The first-order valence-electron chi connectivity index (χ1n) is 9.33. The molecule has 3 aromatic rings. The molecule has 3 aromatic carbocycles. The van der Waals surface area contributed by atoms with E-state index in [1.807, 2.05) is 18.2 Å². The number of anilines is 1. The lowest BCUT2D eigenvalue weighted by Crippen LogP contribution is -2.13. The number of nitriles is 1. The zero-order valence-electron chi connectivity index (χ0n) is 16.9. The van der Waals surface area contributed by atoms with Crippen LogP contribution >= 0.6 is 45.8 Å². The van der Waals surface area contributed by atoms with Crippen LogP contribution < -0.4 is 14.8 Å². The molecule has 0 aromatic heterocycles. The number of halogens is 3. The average molecular weight is 579 g/mol. The summed E-state index contributed by atoms with van der Waals surface area (Å²) in [6.45, 7) is 0.159. The third-order valence-electron chi connectivity index (χ3n) is 4.40. The lowest BCUT2D eigenvalue weighted by Gasteiger charge is -2.13. The van der Waals surface area contributed by atoms with Crippen LogP contribution in [0.15, 0.2) is 66.2 Å². The van der Waals surface area contributed by atoms with Gasteiger partial charge in [-0.3, -0.25) is 4.79 Å². The van der Waals surface area contributed by atoms with Crippen molar-refractivity contribution in [2.45, 2.75) is 6.61 Å². The summed E-state index contributed by atoms with van der Waals surface area (Å²) >= 11 is 14.6. The predicted octanol–water partition coefficient (Wildman–Crippen LogP) is 6.73. The number of hydrogen-bond acceptors (Lipinski definition) is 4. The third-order valence-corrected chi connectivity index (χ3v) is 5.83. The van der Waals surface area contributed by atoms with Gasteiger partial charge >= 0.3 is 0 Å². The number of nitrogens with zero attached hydrogens (tertiary/aromatic N) is 1. The largest absolute Gasteiger partial charge is 0.493 e. The molecule has 0 aliphatic heterocycles. The lowest BCUT2D eigenvalue weighted by molar-refractivity contribution is -0.112. The summed E-state index contributed by atoms with van der Waals surface area (Å²) < 4.78 is 12.3. The van der Waals surface area contributed by atoms with E-state index < -0.39 is 5.91 Å². The van der Waals surface area contributed by atoms with Crippen LogP contribution in [0.3, 0.4) is 0 Å². The van der Waals surface area contributed by atoms with Crippen molar-refractivity contribution in [3.05, 3.63) is 91.0 Å². The van der Waals surface area contributed by atoms with Crippen LogP contribution in [-0.2, 0) is 11.4 Å². The van der Waals surface area contributed by atoms with E-state index in [1.165, 1.54) is 13.2 Å². The van der Waals surface area contributed by atoms with Gasteiger partial charge in [-0.25, -0.2) is 0 Å². The fourth-order valence-electron chi connectivity index (χ4n) is 2.76. The van der Waals surface area contributed by atoms with Crippen molar-refractivity contribution < 1.29 is 14.3 Å². The first-order valence-corrected chi connectivity index (χ1v) is 11.2. The van der Waals surface area contributed by atoms with Crippen molar-refractivity contribution in [1.29, 1.82) is 5.26 Å². The Morgan fingerprint density at radius 2 is 1.78 bits per heavy atom. The number of hydrogen-bond donors (Lipinski definition) is 1. The Labute approximate surface area is 209 Å². The maximum Gasteiger partial charge on any atom is 0.266 e. The number of carbonyl (C=O) groups is 1. The van der Waals surface area contributed by atoms with Crippen molar-refractivity contribution >= 4 is 63.5 Å². The molecule has 0 saturated carbocycles. The number of methoxy groups -OCH3 is 1. The molecule has 0 heterocycles. The minimum atomic E-state index is -0.499. The van der Waals surface area contributed by atoms with Gasteiger partial charge in [0.2, 0.25) is 0 Å². The lowest BCUT2D eigenvalue weighted by atomic mass is 10.1. The Morgan fingerprint density at radius 3 is 2.41 bits per heavy atom. The number of benzene rings is 3. The van der Waals surface area contributed by atoms with Gasteiger partial charge in [0, 0.05) is 24.9 Å². The number of rotatable bonds is 7. The van der Waals surface area contributed by atoms with Crippen LogP contribution in [0, 0.1) is 14.9 Å². The van der Waals surface area contributed by atoms with Crippen molar-refractivity contribution in [2.75, 3.05) is 12.4 Å². The van der Waals surface area contributed by atoms with Crippen molar-refractivity contribution in [1.82, 2.24) is 0 Å². The first-order chi connectivity index (χ1) is 15.4. The molecular formula is C24H17Cl2IN2O3. The molecule has 1 amide bonds. The van der Waals surface area contributed by atoms with Crippen molar-refractivity contribution in [3.8, 4) is 17.6 Å². The number of amides is 1. The fraction of sp³-hybridized carbons (Fsp3) is 0.0833. The molecule has 0 aliphatic carbocycles. The van der Waals surface area contributed by atoms with Gasteiger partial charge in [0.15, 0.2) is 11.5 Å². The molecule has 1 N–H and O–H groups in total. The van der Waals surface area contributed by atoms with Gasteiger partial charge in [-0.15, -0.1) is 0 Å². The average Bonchev–Trinajstić information content (AvgIpc) is 2.79. The van der Waals surface area contributed by atoms with E-state index in [4.69, 9.17) is 32.7 Å². The second kappa shape index (κ2) is 11.2. The summed E-state index contributed by atoms with van der Waals surface area (Å²) in [4.78, 5) is 12.5. The summed E-state index contributed by atoms with van der Waals surface area (Å²) in [5.41, 5.74) is 1.85. The van der Waals surface area contributed by atoms with E-state index >= 15 is 0 Å². The molecule has 162 valence electrons. The van der Waals surface area contributed by atoms with Crippen LogP contribution in [0.5, 0.6) is 11.5 Å². The standard InChI is InChI=1S/C24H17Cl2IN2O3/c1-31-23-12-15(5-10-22(23)32-14-19-20(25)3-2-4-21(19)26)11-16(13-28)24(30)29-18-8-6-17(27)7-9-18/h2-12H,14H2,1H3,(H,29,30)/b16-11+. The van der Waals surface area contributed by atoms with Crippen molar-refractivity contribution in [3.63, 3.8) is 0 Å². The molecule has 0 saturated heterocycles. The van der Waals surface area contributed by atoms with Crippen LogP contribution in [0.2, 0.25) is 10.0 Å². The first kappa shape index (κ1) is 23.9. The summed E-state index contributed by atoms with van der Waals surface area (Å²) in [5.74, 6) is 0.418.